The highest BCUT2D eigenvalue weighted by molar-refractivity contribution is 7.19. The highest BCUT2D eigenvalue weighted by Gasteiger charge is 2.33. The number of fused-ring (bicyclic) bond motifs is 1. The maximum Gasteiger partial charge on any atom is 0.253 e. The van der Waals surface area contributed by atoms with Gasteiger partial charge in [-0.25, -0.2) is 0 Å². The second kappa shape index (κ2) is 9.92. The molecule has 0 spiro atoms. The van der Waals surface area contributed by atoms with Gasteiger partial charge in [0.2, 0.25) is 0 Å². The molecule has 3 rings (SSSR count). The van der Waals surface area contributed by atoms with Gasteiger partial charge in [0.15, 0.2) is 12.4 Å². The Morgan fingerprint density at radius 2 is 1.76 bits per heavy atom. The Hall–Kier alpha value is -2.92. The quantitative estimate of drug-likeness (QED) is 0.338. The smallest absolute Gasteiger partial charge is 0.253 e. The van der Waals surface area contributed by atoms with Gasteiger partial charge >= 0.3 is 0 Å². The summed E-state index contributed by atoms with van der Waals surface area (Å²) in [4.78, 5) is 27.2. The molecule has 0 atom stereocenters. The summed E-state index contributed by atoms with van der Waals surface area (Å²) in [6.45, 7) is 11.9. The Kier molecular flexibility index (Phi) is 7.43. The van der Waals surface area contributed by atoms with Gasteiger partial charge in [-0.05, 0) is 79.1 Å². The number of carbonyl (C=O) groups excluding carboxylic acids is 2. The van der Waals surface area contributed by atoms with Gasteiger partial charge < -0.3 is 9.64 Å². The van der Waals surface area contributed by atoms with Crippen LogP contribution in [0.5, 0.6) is 5.75 Å². The number of aryl methyl sites for hydroxylation is 1. The standard InChI is InChI=1S/C28H33NO3S/c1-8-28(9-2,22-11-12-24(19(5)14-22)32-17-23(30)18(3)4)26-16-21-15-20(27(31)29(6)7)10-13-25(21)33-26/h10-16H,3,8-9,17H2,1-2,4-7H3. The summed E-state index contributed by atoms with van der Waals surface area (Å²) in [6, 6.07) is 14.5. The van der Waals surface area contributed by atoms with Gasteiger partial charge in [-0.3, -0.25) is 9.59 Å². The number of benzene rings is 2. The maximum atomic E-state index is 12.4. The predicted octanol–water partition coefficient (Wildman–Crippen LogP) is 6.54. The van der Waals surface area contributed by atoms with Crippen molar-refractivity contribution in [1.82, 2.24) is 4.90 Å². The van der Waals surface area contributed by atoms with Crippen LogP contribution < -0.4 is 4.74 Å². The van der Waals surface area contributed by atoms with Crippen molar-refractivity contribution < 1.29 is 14.3 Å². The van der Waals surface area contributed by atoms with E-state index in [1.165, 1.54) is 15.1 Å². The van der Waals surface area contributed by atoms with E-state index in [9.17, 15) is 9.59 Å². The van der Waals surface area contributed by atoms with Gasteiger partial charge in [0.05, 0.1) is 0 Å². The minimum atomic E-state index is -0.133. The third-order valence-electron chi connectivity index (χ3n) is 6.41. The number of hydrogen-bond donors (Lipinski definition) is 0. The Morgan fingerprint density at radius 3 is 2.33 bits per heavy atom. The van der Waals surface area contributed by atoms with Crippen molar-refractivity contribution in [2.75, 3.05) is 20.7 Å². The van der Waals surface area contributed by atoms with Gasteiger partial charge in [-0.1, -0.05) is 32.6 Å². The van der Waals surface area contributed by atoms with E-state index in [2.05, 4.69) is 44.7 Å². The molecule has 0 aliphatic carbocycles. The molecule has 2 aromatic carbocycles. The third-order valence-corrected chi connectivity index (χ3v) is 7.73. The Labute approximate surface area is 200 Å². The molecule has 0 bridgehead atoms. The van der Waals surface area contributed by atoms with E-state index in [1.807, 2.05) is 25.1 Å². The zero-order valence-corrected chi connectivity index (χ0v) is 21.3. The fraction of sp³-hybridized carbons (Fsp3) is 0.357. The van der Waals surface area contributed by atoms with E-state index >= 15 is 0 Å². The molecule has 1 heterocycles. The summed E-state index contributed by atoms with van der Waals surface area (Å²) in [5.41, 5.74) is 3.32. The molecule has 4 nitrogen and oxygen atoms in total. The van der Waals surface area contributed by atoms with E-state index in [-0.39, 0.29) is 23.7 Å². The Balaban J connectivity index is 1.99. The summed E-state index contributed by atoms with van der Waals surface area (Å²) in [6.07, 6.45) is 1.90. The maximum absolute atomic E-state index is 12.4. The molecule has 0 saturated heterocycles. The number of Topliss-reactive ketones (excluding diaryl/α,β-unsaturated/α-hetero) is 1. The molecule has 0 unspecified atom stereocenters. The van der Waals surface area contributed by atoms with Crippen molar-refractivity contribution in [2.24, 2.45) is 0 Å². The van der Waals surface area contributed by atoms with Crippen LogP contribution in [0.2, 0.25) is 0 Å². The lowest BCUT2D eigenvalue weighted by Gasteiger charge is -2.32. The minimum Gasteiger partial charge on any atom is -0.485 e. The molecular formula is C28H33NO3S. The first-order chi connectivity index (χ1) is 15.6. The zero-order chi connectivity index (χ0) is 24.3. The molecule has 5 heteroatoms. The highest BCUT2D eigenvalue weighted by atomic mass is 32.1. The number of nitrogens with zero attached hydrogens (tertiary/aromatic N) is 1. The first-order valence-electron chi connectivity index (χ1n) is 11.3. The predicted molar refractivity (Wildman–Crippen MR) is 138 cm³/mol. The average molecular weight is 464 g/mol. The largest absolute Gasteiger partial charge is 0.485 e. The van der Waals surface area contributed by atoms with Crippen LogP contribution >= 0.6 is 11.3 Å². The minimum absolute atomic E-state index is 0.00648. The number of carbonyl (C=O) groups is 2. The van der Waals surface area contributed by atoms with Crippen LogP contribution in [-0.4, -0.2) is 37.3 Å². The van der Waals surface area contributed by atoms with Crippen LogP contribution in [0.25, 0.3) is 10.1 Å². The number of amides is 1. The molecule has 0 fully saturated rings. The van der Waals surface area contributed by atoms with E-state index < -0.39 is 0 Å². The van der Waals surface area contributed by atoms with Gasteiger partial charge in [0.1, 0.15) is 5.75 Å². The molecule has 0 saturated carbocycles. The summed E-state index contributed by atoms with van der Waals surface area (Å²) < 4.78 is 6.94. The van der Waals surface area contributed by atoms with Crippen LogP contribution in [0, 0.1) is 6.92 Å². The topological polar surface area (TPSA) is 46.6 Å². The lowest BCUT2D eigenvalue weighted by atomic mass is 9.74. The lowest BCUT2D eigenvalue weighted by Crippen LogP contribution is -2.25. The van der Waals surface area contributed by atoms with E-state index in [0.717, 1.165) is 29.5 Å². The fourth-order valence-electron chi connectivity index (χ4n) is 4.19. The molecule has 0 radical (unpaired) electrons. The van der Waals surface area contributed by atoms with Crippen LogP contribution in [0.1, 0.15) is 60.0 Å². The van der Waals surface area contributed by atoms with Crippen molar-refractivity contribution in [1.29, 1.82) is 0 Å². The Bertz CT molecular complexity index is 1200. The Morgan fingerprint density at radius 1 is 1.06 bits per heavy atom. The summed E-state index contributed by atoms with van der Waals surface area (Å²) in [7, 11) is 3.55. The zero-order valence-electron chi connectivity index (χ0n) is 20.5. The van der Waals surface area contributed by atoms with E-state index in [0.29, 0.717) is 11.1 Å². The SMILES string of the molecule is C=C(C)C(=O)COc1ccc(C(CC)(CC)c2cc3cc(C(=O)N(C)C)ccc3s2)cc1C. The fourth-order valence-corrected chi connectivity index (χ4v) is 5.59. The highest BCUT2D eigenvalue weighted by Crippen LogP contribution is 2.45. The van der Waals surface area contributed by atoms with Crippen LogP contribution in [-0.2, 0) is 10.2 Å². The number of ether oxygens (including phenoxy) is 1. The molecule has 0 N–H and O–H groups in total. The van der Waals surface area contributed by atoms with Crippen molar-refractivity contribution in [3.63, 3.8) is 0 Å². The molecule has 0 aliphatic rings. The van der Waals surface area contributed by atoms with Gasteiger partial charge in [-0.2, -0.15) is 0 Å². The van der Waals surface area contributed by atoms with Gasteiger partial charge in [0.25, 0.3) is 5.91 Å². The number of rotatable bonds is 9. The lowest BCUT2D eigenvalue weighted by molar-refractivity contribution is -0.117. The molecule has 1 amide bonds. The second-order valence-electron chi connectivity index (χ2n) is 8.82. The van der Waals surface area contributed by atoms with Gasteiger partial charge in [-0.15, -0.1) is 11.3 Å². The summed E-state index contributed by atoms with van der Waals surface area (Å²) >= 11 is 1.79. The van der Waals surface area contributed by atoms with Crippen molar-refractivity contribution in [2.45, 2.75) is 46.0 Å². The number of thiophene rings is 1. The number of ketones is 1. The van der Waals surface area contributed by atoms with Crippen molar-refractivity contribution in [3.8, 4) is 5.75 Å². The monoisotopic (exact) mass is 463 g/mol. The molecule has 3 aromatic rings. The molecule has 33 heavy (non-hydrogen) atoms. The van der Waals surface area contributed by atoms with Crippen LogP contribution in [0.4, 0.5) is 0 Å². The van der Waals surface area contributed by atoms with Crippen molar-refractivity contribution in [3.05, 3.63) is 76.2 Å². The first-order valence-corrected chi connectivity index (χ1v) is 12.1. The summed E-state index contributed by atoms with van der Waals surface area (Å²) in [5.74, 6) is 0.642. The van der Waals surface area contributed by atoms with Crippen molar-refractivity contribution >= 4 is 33.1 Å². The summed E-state index contributed by atoms with van der Waals surface area (Å²) in [5, 5.41) is 1.10. The normalized spacial score (nSPS) is 11.5. The molecule has 174 valence electrons. The van der Waals surface area contributed by atoms with Gasteiger partial charge in [0, 0.05) is 34.7 Å². The van der Waals surface area contributed by atoms with Crippen LogP contribution in [0.3, 0.4) is 0 Å². The second-order valence-corrected chi connectivity index (χ2v) is 9.91. The average Bonchev–Trinajstić information content (AvgIpc) is 3.22. The number of hydrogen-bond acceptors (Lipinski definition) is 4. The molecule has 1 aromatic heterocycles. The third kappa shape index (κ3) is 4.88. The first kappa shape index (κ1) is 24.7. The van der Waals surface area contributed by atoms with E-state index in [4.69, 9.17) is 4.74 Å². The molecular weight excluding hydrogens is 430 g/mol. The molecule has 0 aliphatic heterocycles. The van der Waals surface area contributed by atoms with E-state index in [1.54, 1.807) is 37.3 Å². The van der Waals surface area contributed by atoms with Crippen LogP contribution in [0.15, 0.2) is 54.6 Å².